The van der Waals surface area contributed by atoms with Gasteiger partial charge in [-0.25, -0.2) is 0 Å². The number of phenolic OH excluding ortho intramolecular Hbond substituents is 1. The van der Waals surface area contributed by atoms with Crippen LogP contribution in [0.3, 0.4) is 0 Å². The van der Waals surface area contributed by atoms with Gasteiger partial charge in [0.2, 0.25) is 11.8 Å². The van der Waals surface area contributed by atoms with Gasteiger partial charge in [-0.1, -0.05) is 27.7 Å². The average Bonchev–Trinajstić information content (AvgIpc) is 3.04. The smallest absolute Gasteiger partial charge is 0.240 e. The summed E-state index contributed by atoms with van der Waals surface area (Å²) < 4.78 is 5.94. The Morgan fingerprint density at radius 2 is 2.10 bits per heavy atom. The number of anilines is 1. The van der Waals surface area contributed by atoms with Crippen molar-refractivity contribution in [2.75, 3.05) is 12.4 Å². The number of benzene rings is 2. The fraction of sp³-hybridized carbons (Fsp3) is 0.158. The Kier molecular flexibility index (Phi) is 6.89. The first kappa shape index (κ1) is 20.9. The molecule has 2 aromatic rings. The first-order valence-electron chi connectivity index (χ1n) is 8.45. The minimum atomic E-state index is -0.576. The zero-order chi connectivity index (χ0) is 20.8. The quantitative estimate of drug-likeness (QED) is 0.437. The summed E-state index contributed by atoms with van der Waals surface area (Å²) >= 11 is 4.48. The number of aromatic hydroxyl groups is 1. The second-order valence-electron chi connectivity index (χ2n) is 5.94. The molecule has 29 heavy (non-hydrogen) atoms. The molecule has 0 aliphatic carbocycles. The normalized spacial score (nSPS) is 17.5. The summed E-state index contributed by atoms with van der Waals surface area (Å²) in [5.74, 6) is -0.206. The molecule has 8 nitrogen and oxygen atoms in total. The molecule has 0 spiro atoms. The molecule has 3 rings (SSSR count). The van der Waals surface area contributed by atoms with E-state index in [1.165, 1.54) is 19.4 Å². The zero-order valence-corrected chi connectivity index (χ0v) is 17.7. The molecule has 150 valence electrons. The Morgan fingerprint density at radius 3 is 2.83 bits per heavy atom. The van der Waals surface area contributed by atoms with Crippen molar-refractivity contribution in [1.82, 2.24) is 5.32 Å². The first-order chi connectivity index (χ1) is 13.9. The number of ether oxygens (including phenoxy) is 1. The average molecular weight is 477 g/mol. The van der Waals surface area contributed by atoms with Crippen LogP contribution >= 0.6 is 27.7 Å². The predicted octanol–water partition coefficient (Wildman–Crippen LogP) is 3.11. The van der Waals surface area contributed by atoms with Gasteiger partial charge in [0, 0.05) is 16.6 Å². The van der Waals surface area contributed by atoms with Gasteiger partial charge in [-0.3, -0.25) is 9.59 Å². The molecule has 1 atom stereocenters. The van der Waals surface area contributed by atoms with Crippen molar-refractivity contribution in [2.24, 2.45) is 10.2 Å². The van der Waals surface area contributed by atoms with Gasteiger partial charge in [-0.05, 0) is 48.0 Å². The second kappa shape index (κ2) is 9.57. The highest BCUT2D eigenvalue weighted by Gasteiger charge is 2.32. The van der Waals surface area contributed by atoms with Gasteiger partial charge >= 0.3 is 0 Å². The molecule has 1 fully saturated rings. The van der Waals surface area contributed by atoms with Gasteiger partial charge < -0.3 is 20.5 Å². The van der Waals surface area contributed by atoms with Gasteiger partial charge in [0.25, 0.3) is 0 Å². The standard InChI is InChI=1S/C19H17BrN4O4S/c1-28-15-8-11(2-7-14(15)25)10-21-24-19-23-18(27)16(29-19)9-17(26)22-13-5-3-12(20)4-6-13/h2-8,10,16,25H,9H2,1H3,(H,22,26)(H,23,24,27)/b21-10+. The largest absolute Gasteiger partial charge is 0.504 e. The highest BCUT2D eigenvalue weighted by atomic mass is 79.9. The van der Waals surface area contributed by atoms with Crippen molar-refractivity contribution in [3.63, 3.8) is 0 Å². The lowest BCUT2D eigenvalue weighted by Gasteiger charge is -2.07. The number of amides is 2. The maximum atomic E-state index is 12.2. The Balaban J connectivity index is 1.56. The number of carbonyl (C=O) groups excluding carboxylic acids is 2. The van der Waals surface area contributed by atoms with Crippen molar-refractivity contribution >= 4 is 56.6 Å². The molecule has 2 amide bonds. The first-order valence-corrected chi connectivity index (χ1v) is 10.1. The molecule has 1 unspecified atom stereocenters. The Hall–Kier alpha value is -2.85. The maximum Gasteiger partial charge on any atom is 0.240 e. The number of phenols is 1. The van der Waals surface area contributed by atoms with E-state index in [0.717, 1.165) is 16.2 Å². The lowest BCUT2D eigenvalue weighted by molar-refractivity contribution is -0.122. The third-order valence-corrected chi connectivity index (χ3v) is 5.44. The highest BCUT2D eigenvalue weighted by molar-refractivity contribution is 9.10. The van der Waals surface area contributed by atoms with E-state index in [1.807, 2.05) is 12.1 Å². The van der Waals surface area contributed by atoms with Crippen molar-refractivity contribution in [3.05, 3.63) is 52.5 Å². The van der Waals surface area contributed by atoms with E-state index >= 15 is 0 Å². The molecule has 0 radical (unpaired) electrons. The summed E-state index contributed by atoms with van der Waals surface area (Å²) in [6.45, 7) is 0. The van der Waals surface area contributed by atoms with E-state index in [0.29, 0.717) is 22.2 Å². The van der Waals surface area contributed by atoms with Crippen LogP contribution in [0.2, 0.25) is 0 Å². The molecule has 0 bridgehead atoms. The van der Waals surface area contributed by atoms with E-state index in [9.17, 15) is 14.7 Å². The van der Waals surface area contributed by atoms with Crippen LogP contribution < -0.4 is 15.4 Å². The summed E-state index contributed by atoms with van der Waals surface area (Å²) in [5.41, 5.74) is 1.33. The third kappa shape index (κ3) is 5.81. The van der Waals surface area contributed by atoms with Crippen LogP contribution in [0.4, 0.5) is 5.69 Å². The Bertz CT molecular complexity index is 979. The summed E-state index contributed by atoms with van der Waals surface area (Å²) in [7, 11) is 1.45. The predicted molar refractivity (Wildman–Crippen MR) is 117 cm³/mol. The van der Waals surface area contributed by atoms with E-state index in [2.05, 4.69) is 36.8 Å². The minimum absolute atomic E-state index is 0.0183. The summed E-state index contributed by atoms with van der Waals surface area (Å²) in [6.07, 6.45) is 1.49. The summed E-state index contributed by atoms with van der Waals surface area (Å²) in [4.78, 5) is 24.3. The molecule has 1 heterocycles. The number of hydrogen-bond acceptors (Lipinski definition) is 7. The molecular weight excluding hydrogens is 460 g/mol. The maximum absolute atomic E-state index is 12.2. The lowest BCUT2D eigenvalue weighted by Crippen LogP contribution is -2.28. The number of methoxy groups -OCH3 is 1. The third-order valence-electron chi connectivity index (χ3n) is 3.83. The lowest BCUT2D eigenvalue weighted by atomic mass is 10.2. The molecule has 3 N–H and O–H groups in total. The van der Waals surface area contributed by atoms with Gasteiger partial charge in [-0.15, -0.1) is 5.10 Å². The molecular formula is C19H17BrN4O4S. The molecule has 10 heteroatoms. The summed E-state index contributed by atoms with van der Waals surface area (Å²) in [6, 6.07) is 11.9. The SMILES string of the molecule is COc1cc(/C=N/N=C2/NC(=O)C(CC(=O)Nc3ccc(Br)cc3)S2)ccc1O. The van der Waals surface area contributed by atoms with Crippen molar-refractivity contribution in [2.45, 2.75) is 11.7 Å². The van der Waals surface area contributed by atoms with Crippen LogP contribution in [-0.4, -0.2) is 40.7 Å². The molecule has 1 aliphatic heterocycles. The van der Waals surface area contributed by atoms with Crippen LogP contribution in [-0.2, 0) is 9.59 Å². The Labute approximate surface area is 179 Å². The minimum Gasteiger partial charge on any atom is -0.504 e. The number of amidine groups is 1. The molecule has 1 aliphatic rings. The number of halogens is 1. The molecule has 2 aromatic carbocycles. The van der Waals surface area contributed by atoms with E-state index in [4.69, 9.17) is 4.74 Å². The van der Waals surface area contributed by atoms with Gasteiger partial charge in [-0.2, -0.15) is 5.10 Å². The molecule has 0 saturated carbocycles. The molecule has 1 saturated heterocycles. The second-order valence-corrected chi connectivity index (χ2v) is 8.04. The topological polar surface area (TPSA) is 112 Å². The van der Waals surface area contributed by atoms with Crippen LogP contribution in [0.5, 0.6) is 11.5 Å². The summed E-state index contributed by atoms with van der Waals surface area (Å²) in [5, 5.41) is 22.6. The highest BCUT2D eigenvalue weighted by Crippen LogP contribution is 2.26. The van der Waals surface area contributed by atoms with Gasteiger partial charge in [0.15, 0.2) is 16.7 Å². The van der Waals surface area contributed by atoms with Crippen LogP contribution in [0.1, 0.15) is 12.0 Å². The number of nitrogens with zero attached hydrogens (tertiary/aromatic N) is 2. The number of carbonyl (C=O) groups is 2. The van der Waals surface area contributed by atoms with E-state index < -0.39 is 5.25 Å². The van der Waals surface area contributed by atoms with Crippen molar-refractivity contribution < 1.29 is 19.4 Å². The number of rotatable bonds is 6. The van der Waals surface area contributed by atoms with Crippen LogP contribution in [0.25, 0.3) is 0 Å². The van der Waals surface area contributed by atoms with Crippen molar-refractivity contribution in [1.29, 1.82) is 0 Å². The van der Waals surface area contributed by atoms with E-state index in [1.54, 1.807) is 24.3 Å². The molecule has 0 aromatic heterocycles. The number of thioether (sulfide) groups is 1. The van der Waals surface area contributed by atoms with Crippen LogP contribution in [0, 0.1) is 0 Å². The van der Waals surface area contributed by atoms with Crippen molar-refractivity contribution in [3.8, 4) is 11.5 Å². The fourth-order valence-electron chi connectivity index (χ4n) is 2.42. The van der Waals surface area contributed by atoms with Gasteiger partial charge in [0.05, 0.1) is 13.3 Å². The number of hydrogen-bond donors (Lipinski definition) is 3. The van der Waals surface area contributed by atoms with E-state index in [-0.39, 0.29) is 24.0 Å². The monoisotopic (exact) mass is 476 g/mol. The Morgan fingerprint density at radius 1 is 1.34 bits per heavy atom. The van der Waals surface area contributed by atoms with Gasteiger partial charge in [0.1, 0.15) is 5.25 Å². The fourth-order valence-corrected chi connectivity index (χ4v) is 3.61. The zero-order valence-electron chi connectivity index (χ0n) is 15.3. The number of nitrogens with one attached hydrogen (secondary N) is 2. The van der Waals surface area contributed by atoms with Crippen LogP contribution in [0.15, 0.2) is 57.1 Å².